The van der Waals surface area contributed by atoms with Gasteiger partial charge in [0.15, 0.2) is 0 Å². The quantitative estimate of drug-likeness (QED) is 0.800. The molecule has 2 rings (SSSR count). The van der Waals surface area contributed by atoms with E-state index in [2.05, 4.69) is 26.8 Å². The molecule has 3 nitrogen and oxygen atoms in total. The van der Waals surface area contributed by atoms with E-state index in [0.717, 1.165) is 5.75 Å². The molecule has 0 fully saturated rings. The topological polar surface area (TPSA) is 61.3 Å². The van der Waals surface area contributed by atoms with E-state index < -0.39 is 0 Å². The first kappa shape index (κ1) is 13.3. The van der Waals surface area contributed by atoms with Gasteiger partial charge in [0, 0.05) is 6.07 Å². The van der Waals surface area contributed by atoms with Crippen LogP contribution in [0.1, 0.15) is 26.3 Å². The van der Waals surface area contributed by atoms with Crippen molar-refractivity contribution in [2.75, 3.05) is 11.5 Å². The molecule has 3 heteroatoms. The Balaban J connectivity index is 2.26. The van der Waals surface area contributed by atoms with Crippen molar-refractivity contribution in [3.63, 3.8) is 0 Å². The van der Waals surface area contributed by atoms with E-state index in [1.54, 1.807) is 12.1 Å². The summed E-state index contributed by atoms with van der Waals surface area (Å²) in [5.41, 5.74) is 13.9. The highest BCUT2D eigenvalue weighted by Crippen LogP contribution is 2.30. The van der Waals surface area contributed by atoms with Gasteiger partial charge in [-0.25, -0.2) is 0 Å². The smallest absolute Gasteiger partial charge is 0.129 e. The Hall–Kier alpha value is -2.16. The van der Waals surface area contributed by atoms with Gasteiger partial charge in [-0.05, 0) is 35.2 Å². The molecular formula is C16H20N2O. The fourth-order valence-corrected chi connectivity index (χ4v) is 1.78. The van der Waals surface area contributed by atoms with Crippen LogP contribution in [-0.4, -0.2) is 0 Å². The van der Waals surface area contributed by atoms with E-state index in [0.29, 0.717) is 17.1 Å². The van der Waals surface area contributed by atoms with E-state index in [9.17, 15) is 0 Å². The average molecular weight is 256 g/mol. The van der Waals surface area contributed by atoms with E-state index in [4.69, 9.17) is 16.2 Å². The molecule has 0 spiro atoms. The lowest BCUT2D eigenvalue weighted by Crippen LogP contribution is -2.10. The van der Waals surface area contributed by atoms with Crippen LogP contribution in [0.4, 0.5) is 11.4 Å². The van der Waals surface area contributed by atoms with E-state index >= 15 is 0 Å². The number of hydrogen-bond donors (Lipinski definition) is 2. The minimum absolute atomic E-state index is 0.0967. The van der Waals surface area contributed by atoms with Crippen molar-refractivity contribution in [1.29, 1.82) is 0 Å². The Kier molecular flexibility index (Phi) is 3.38. The van der Waals surface area contributed by atoms with Crippen molar-refractivity contribution in [3.05, 3.63) is 48.0 Å². The number of anilines is 2. The molecule has 2 aromatic rings. The third kappa shape index (κ3) is 3.19. The zero-order valence-corrected chi connectivity index (χ0v) is 11.6. The number of benzene rings is 2. The van der Waals surface area contributed by atoms with Gasteiger partial charge in [0.25, 0.3) is 0 Å². The minimum atomic E-state index is 0.0967. The fraction of sp³-hybridized carbons (Fsp3) is 0.250. The summed E-state index contributed by atoms with van der Waals surface area (Å²) in [6.45, 7) is 6.52. The molecule has 0 aliphatic rings. The standard InChI is InChI=1S/C16H20N2O/c1-16(2,3)11-5-4-6-12(9-11)19-13-7-8-14(17)15(18)10-13/h4-10H,17-18H2,1-3H3. The lowest BCUT2D eigenvalue weighted by Gasteiger charge is -2.19. The summed E-state index contributed by atoms with van der Waals surface area (Å²) in [5.74, 6) is 1.49. The molecule has 0 saturated heterocycles. The molecule has 0 unspecified atom stereocenters. The summed E-state index contributed by atoms with van der Waals surface area (Å²) >= 11 is 0. The summed E-state index contributed by atoms with van der Waals surface area (Å²) in [6.07, 6.45) is 0. The van der Waals surface area contributed by atoms with Crippen molar-refractivity contribution < 1.29 is 4.74 Å². The van der Waals surface area contributed by atoms with Gasteiger partial charge in [0.1, 0.15) is 11.5 Å². The number of ether oxygens (including phenoxy) is 1. The maximum atomic E-state index is 5.81. The monoisotopic (exact) mass is 256 g/mol. The predicted octanol–water partition coefficient (Wildman–Crippen LogP) is 3.94. The first-order chi connectivity index (χ1) is 8.86. The summed E-state index contributed by atoms with van der Waals surface area (Å²) < 4.78 is 5.81. The molecule has 0 aliphatic carbocycles. The molecule has 4 N–H and O–H groups in total. The number of hydrogen-bond acceptors (Lipinski definition) is 3. The van der Waals surface area contributed by atoms with Crippen molar-refractivity contribution in [1.82, 2.24) is 0 Å². The van der Waals surface area contributed by atoms with E-state index in [-0.39, 0.29) is 5.41 Å². The van der Waals surface area contributed by atoms with Gasteiger partial charge >= 0.3 is 0 Å². The highest BCUT2D eigenvalue weighted by molar-refractivity contribution is 5.65. The van der Waals surface area contributed by atoms with Crippen LogP contribution in [-0.2, 0) is 5.41 Å². The number of rotatable bonds is 2. The van der Waals surface area contributed by atoms with Gasteiger partial charge < -0.3 is 16.2 Å². The summed E-state index contributed by atoms with van der Waals surface area (Å²) in [4.78, 5) is 0. The molecule has 2 aromatic carbocycles. The highest BCUT2D eigenvalue weighted by atomic mass is 16.5. The fourth-order valence-electron chi connectivity index (χ4n) is 1.78. The maximum Gasteiger partial charge on any atom is 0.129 e. The van der Waals surface area contributed by atoms with Crippen molar-refractivity contribution in [2.45, 2.75) is 26.2 Å². The van der Waals surface area contributed by atoms with Crippen molar-refractivity contribution in [2.24, 2.45) is 0 Å². The maximum absolute atomic E-state index is 5.81. The highest BCUT2D eigenvalue weighted by Gasteiger charge is 2.14. The normalized spacial score (nSPS) is 11.3. The zero-order valence-electron chi connectivity index (χ0n) is 11.6. The second-order valence-electron chi connectivity index (χ2n) is 5.67. The molecule has 100 valence electrons. The van der Waals surface area contributed by atoms with E-state index in [1.807, 2.05) is 24.3 Å². The Morgan fingerprint density at radius 2 is 1.53 bits per heavy atom. The summed E-state index contributed by atoms with van der Waals surface area (Å²) in [5, 5.41) is 0. The van der Waals surface area contributed by atoms with Gasteiger partial charge in [-0.3, -0.25) is 0 Å². The minimum Gasteiger partial charge on any atom is -0.457 e. The van der Waals surface area contributed by atoms with Gasteiger partial charge in [0.2, 0.25) is 0 Å². The first-order valence-corrected chi connectivity index (χ1v) is 6.29. The van der Waals surface area contributed by atoms with Crippen LogP contribution in [0.25, 0.3) is 0 Å². The average Bonchev–Trinajstić information content (AvgIpc) is 2.33. The van der Waals surface area contributed by atoms with Crippen LogP contribution in [0.2, 0.25) is 0 Å². The van der Waals surface area contributed by atoms with Crippen LogP contribution >= 0.6 is 0 Å². The molecule has 0 bridgehead atoms. The van der Waals surface area contributed by atoms with Crippen molar-refractivity contribution in [3.8, 4) is 11.5 Å². The van der Waals surface area contributed by atoms with Gasteiger partial charge in [-0.15, -0.1) is 0 Å². The molecule has 0 radical (unpaired) electrons. The van der Waals surface area contributed by atoms with Gasteiger partial charge in [0.05, 0.1) is 11.4 Å². The summed E-state index contributed by atoms with van der Waals surface area (Å²) in [6, 6.07) is 13.4. The second-order valence-corrected chi connectivity index (χ2v) is 5.67. The lowest BCUT2D eigenvalue weighted by molar-refractivity contribution is 0.479. The Morgan fingerprint density at radius 1 is 0.842 bits per heavy atom. The first-order valence-electron chi connectivity index (χ1n) is 6.29. The van der Waals surface area contributed by atoms with Crippen LogP contribution < -0.4 is 16.2 Å². The Morgan fingerprint density at radius 3 is 2.16 bits per heavy atom. The molecule has 0 atom stereocenters. The third-order valence-electron chi connectivity index (χ3n) is 2.99. The van der Waals surface area contributed by atoms with Crippen LogP contribution in [0.3, 0.4) is 0 Å². The van der Waals surface area contributed by atoms with Gasteiger partial charge in [-0.1, -0.05) is 32.9 Å². The Bertz CT molecular complexity index is 586. The van der Waals surface area contributed by atoms with E-state index in [1.165, 1.54) is 5.56 Å². The molecule has 0 aromatic heterocycles. The second kappa shape index (κ2) is 4.84. The van der Waals surface area contributed by atoms with Crippen LogP contribution in [0.15, 0.2) is 42.5 Å². The predicted molar refractivity (Wildman–Crippen MR) is 80.5 cm³/mol. The third-order valence-corrected chi connectivity index (χ3v) is 2.99. The largest absolute Gasteiger partial charge is 0.457 e. The molecule has 0 amide bonds. The van der Waals surface area contributed by atoms with Crippen LogP contribution in [0, 0.1) is 0 Å². The van der Waals surface area contributed by atoms with Crippen molar-refractivity contribution >= 4 is 11.4 Å². The lowest BCUT2D eigenvalue weighted by atomic mass is 9.87. The molecule has 0 saturated carbocycles. The molecule has 0 aliphatic heterocycles. The summed E-state index contributed by atoms with van der Waals surface area (Å²) in [7, 11) is 0. The number of nitrogen functional groups attached to an aromatic ring is 2. The Labute approximate surface area is 114 Å². The zero-order chi connectivity index (χ0) is 14.0. The van der Waals surface area contributed by atoms with Crippen LogP contribution in [0.5, 0.6) is 11.5 Å². The molecular weight excluding hydrogens is 236 g/mol. The number of nitrogens with two attached hydrogens (primary N) is 2. The molecule has 19 heavy (non-hydrogen) atoms. The van der Waals surface area contributed by atoms with Gasteiger partial charge in [-0.2, -0.15) is 0 Å². The SMILES string of the molecule is CC(C)(C)c1cccc(Oc2ccc(N)c(N)c2)c1. The molecule has 0 heterocycles.